The van der Waals surface area contributed by atoms with Crippen molar-refractivity contribution in [3.8, 4) is 0 Å². The molecule has 0 unspecified atom stereocenters. The van der Waals surface area contributed by atoms with E-state index in [0.717, 1.165) is 13.0 Å². The van der Waals surface area contributed by atoms with Gasteiger partial charge in [0.05, 0.1) is 6.61 Å². The van der Waals surface area contributed by atoms with Gasteiger partial charge in [0.1, 0.15) is 0 Å². The molecule has 0 aromatic carbocycles. The molecule has 0 aromatic rings. The molecule has 1 radical (unpaired) electrons. The summed E-state index contributed by atoms with van der Waals surface area (Å²) in [5, 5.41) is 8.61. The van der Waals surface area contributed by atoms with Crippen molar-refractivity contribution in [3.05, 3.63) is 6.61 Å². The Kier molecular flexibility index (Phi) is 9.94. The zero-order valence-electron chi connectivity index (χ0n) is 9.13. The van der Waals surface area contributed by atoms with Crippen molar-refractivity contribution < 1.29 is 5.11 Å². The van der Waals surface area contributed by atoms with Gasteiger partial charge in [0, 0.05) is 6.54 Å². The molecule has 2 heteroatoms. The van der Waals surface area contributed by atoms with Gasteiger partial charge in [-0.2, -0.15) is 0 Å². The van der Waals surface area contributed by atoms with Gasteiger partial charge >= 0.3 is 0 Å². The largest absolute Gasteiger partial charge is 0.390 e. The van der Waals surface area contributed by atoms with Gasteiger partial charge in [-0.25, -0.2) is 0 Å². The highest BCUT2D eigenvalue weighted by Crippen LogP contribution is 2.00. The molecule has 0 saturated carbocycles. The first-order valence-corrected chi connectivity index (χ1v) is 5.53. The van der Waals surface area contributed by atoms with Crippen molar-refractivity contribution >= 4 is 0 Å². The maximum Gasteiger partial charge on any atom is 0.0811 e. The second-order valence-corrected chi connectivity index (χ2v) is 3.52. The lowest BCUT2D eigenvalue weighted by atomic mass is 10.2. The molecule has 0 aliphatic heterocycles. The SMILES string of the molecule is CCCCN(CC[CH]O)CCCC. The maximum atomic E-state index is 8.61. The van der Waals surface area contributed by atoms with Crippen molar-refractivity contribution in [2.24, 2.45) is 0 Å². The van der Waals surface area contributed by atoms with Crippen LogP contribution in [0.1, 0.15) is 46.0 Å². The topological polar surface area (TPSA) is 23.5 Å². The number of nitrogens with zero attached hydrogens (tertiary/aromatic N) is 1. The lowest BCUT2D eigenvalue weighted by Gasteiger charge is -2.21. The van der Waals surface area contributed by atoms with E-state index in [1.54, 1.807) is 0 Å². The first-order chi connectivity index (χ1) is 6.35. The van der Waals surface area contributed by atoms with Gasteiger partial charge in [0.25, 0.3) is 0 Å². The average Bonchev–Trinajstić information content (AvgIpc) is 2.17. The van der Waals surface area contributed by atoms with E-state index in [4.69, 9.17) is 5.11 Å². The van der Waals surface area contributed by atoms with Crippen LogP contribution in [-0.2, 0) is 0 Å². The summed E-state index contributed by atoms with van der Waals surface area (Å²) >= 11 is 0. The predicted molar refractivity (Wildman–Crippen MR) is 57.1 cm³/mol. The monoisotopic (exact) mass is 186 g/mol. The molecule has 0 rings (SSSR count). The fourth-order valence-electron chi connectivity index (χ4n) is 1.34. The summed E-state index contributed by atoms with van der Waals surface area (Å²) in [6.07, 6.45) is 5.86. The normalized spacial score (nSPS) is 11.1. The first kappa shape index (κ1) is 12.9. The van der Waals surface area contributed by atoms with Crippen LogP contribution < -0.4 is 0 Å². The van der Waals surface area contributed by atoms with Crippen LogP contribution in [0.15, 0.2) is 0 Å². The minimum Gasteiger partial charge on any atom is -0.390 e. The maximum absolute atomic E-state index is 8.61. The second-order valence-electron chi connectivity index (χ2n) is 3.52. The molecule has 0 aliphatic rings. The van der Waals surface area contributed by atoms with E-state index in [0.29, 0.717) is 0 Å². The average molecular weight is 186 g/mol. The summed E-state index contributed by atoms with van der Waals surface area (Å²) in [6, 6.07) is 0. The van der Waals surface area contributed by atoms with E-state index >= 15 is 0 Å². The van der Waals surface area contributed by atoms with E-state index in [9.17, 15) is 0 Å². The first-order valence-electron chi connectivity index (χ1n) is 5.53. The van der Waals surface area contributed by atoms with Crippen LogP contribution >= 0.6 is 0 Å². The van der Waals surface area contributed by atoms with Crippen molar-refractivity contribution in [2.75, 3.05) is 19.6 Å². The highest BCUT2D eigenvalue weighted by atomic mass is 16.3. The summed E-state index contributed by atoms with van der Waals surface area (Å²) in [5.74, 6) is 0. The van der Waals surface area contributed by atoms with Crippen molar-refractivity contribution in [2.45, 2.75) is 46.0 Å². The minimum atomic E-state index is 0.799. The molecule has 0 spiro atoms. The van der Waals surface area contributed by atoms with Crippen LogP contribution in [-0.4, -0.2) is 29.6 Å². The molecule has 0 amide bonds. The highest BCUT2D eigenvalue weighted by molar-refractivity contribution is 4.60. The van der Waals surface area contributed by atoms with Gasteiger partial charge in [-0.3, -0.25) is 0 Å². The van der Waals surface area contributed by atoms with Crippen LogP contribution in [0.25, 0.3) is 0 Å². The van der Waals surface area contributed by atoms with E-state index in [1.165, 1.54) is 45.4 Å². The molecule has 0 heterocycles. The number of hydrogen-bond acceptors (Lipinski definition) is 2. The Hall–Kier alpha value is -0.0800. The number of aliphatic hydroxyl groups is 1. The third kappa shape index (κ3) is 8.26. The summed E-state index contributed by atoms with van der Waals surface area (Å²) in [4.78, 5) is 2.44. The third-order valence-electron chi connectivity index (χ3n) is 2.23. The Balaban J connectivity index is 3.47. The molecule has 13 heavy (non-hydrogen) atoms. The Morgan fingerprint density at radius 1 is 1.00 bits per heavy atom. The molecular formula is C11H24NO. The molecular weight excluding hydrogens is 162 g/mol. The van der Waals surface area contributed by atoms with E-state index in [-0.39, 0.29) is 0 Å². The molecule has 0 atom stereocenters. The van der Waals surface area contributed by atoms with Crippen molar-refractivity contribution in [3.63, 3.8) is 0 Å². The predicted octanol–water partition coefficient (Wildman–Crippen LogP) is 2.81. The van der Waals surface area contributed by atoms with E-state index in [1.807, 2.05) is 0 Å². The summed E-state index contributed by atoms with van der Waals surface area (Å²) in [5.41, 5.74) is 0. The quantitative estimate of drug-likeness (QED) is 0.598. The lowest BCUT2D eigenvalue weighted by molar-refractivity contribution is 0.249. The van der Waals surface area contributed by atoms with Crippen LogP contribution in [0, 0.1) is 6.61 Å². The molecule has 1 N–H and O–H groups in total. The minimum absolute atomic E-state index is 0.799. The summed E-state index contributed by atoms with van der Waals surface area (Å²) in [7, 11) is 0. The van der Waals surface area contributed by atoms with Crippen LogP contribution in [0.2, 0.25) is 0 Å². The molecule has 79 valence electrons. The molecule has 2 nitrogen and oxygen atoms in total. The van der Waals surface area contributed by atoms with Gasteiger partial charge in [0.15, 0.2) is 0 Å². The van der Waals surface area contributed by atoms with Gasteiger partial charge < -0.3 is 10.0 Å². The fraction of sp³-hybridized carbons (Fsp3) is 0.909. The summed E-state index contributed by atoms with van der Waals surface area (Å²) in [6.45, 7) is 9.09. The van der Waals surface area contributed by atoms with Crippen LogP contribution in [0.4, 0.5) is 0 Å². The zero-order valence-corrected chi connectivity index (χ0v) is 9.13. The zero-order chi connectivity index (χ0) is 9.94. The van der Waals surface area contributed by atoms with Gasteiger partial charge in [-0.1, -0.05) is 26.7 Å². The standard InChI is InChI=1S/C11H24NO/c1-3-5-8-12(9-6-4-2)10-7-11-13/h11,13H,3-10H2,1-2H3. The second kappa shape index (κ2) is 10.0. The lowest BCUT2D eigenvalue weighted by Crippen LogP contribution is -2.27. The van der Waals surface area contributed by atoms with Gasteiger partial charge in [0.2, 0.25) is 0 Å². The molecule has 0 fully saturated rings. The Morgan fingerprint density at radius 2 is 1.54 bits per heavy atom. The highest BCUT2D eigenvalue weighted by Gasteiger charge is 2.02. The molecule has 0 aliphatic carbocycles. The van der Waals surface area contributed by atoms with Crippen LogP contribution in [0.5, 0.6) is 0 Å². The Morgan fingerprint density at radius 3 is 1.92 bits per heavy atom. The Labute approximate surface area is 82.9 Å². The third-order valence-corrected chi connectivity index (χ3v) is 2.23. The molecule has 0 bridgehead atoms. The number of unbranched alkanes of at least 4 members (excludes halogenated alkanes) is 2. The van der Waals surface area contributed by atoms with Gasteiger partial charge in [-0.15, -0.1) is 0 Å². The number of aliphatic hydroxyl groups excluding tert-OH is 1. The summed E-state index contributed by atoms with van der Waals surface area (Å²) < 4.78 is 0. The van der Waals surface area contributed by atoms with E-state index in [2.05, 4.69) is 18.7 Å². The fourth-order valence-corrected chi connectivity index (χ4v) is 1.34. The smallest absolute Gasteiger partial charge is 0.0811 e. The number of hydrogen-bond donors (Lipinski definition) is 1. The van der Waals surface area contributed by atoms with Gasteiger partial charge in [-0.05, 0) is 32.4 Å². The molecule has 0 saturated heterocycles. The number of rotatable bonds is 9. The van der Waals surface area contributed by atoms with Crippen molar-refractivity contribution in [1.29, 1.82) is 0 Å². The van der Waals surface area contributed by atoms with E-state index < -0.39 is 0 Å². The van der Waals surface area contributed by atoms with Crippen molar-refractivity contribution in [1.82, 2.24) is 4.90 Å². The molecule has 0 aromatic heterocycles. The Bertz CT molecular complexity index is 77.1. The van der Waals surface area contributed by atoms with Crippen LogP contribution in [0.3, 0.4) is 0 Å².